The van der Waals surface area contributed by atoms with Crippen molar-refractivity contribution in [2.24, 2.45) is 0 Å². The molecule has 1 saturated carbocycles. The summed E-state index contributed by atoms with van der Waals surface area (Å²) in [6.45, 7) is 5.06. The zero-order valence-corrected chi connectivity index (χ0v) is 16.8. The first-order valence-electron chi connectivity index (χ1n) is 10.5. The van der Waals surface area contributed by atoms with Gasteiger partial charge in [0.15, 0.2) is 5.78 Å². The second-order valence-corrected chi connectivity index (χ2v) is 7.84. The van der Waals surface area contributed by atoms with Crippen molar-refractivity contribution in [3.63, 3.8) is 0 Å². The SMILES string of the molecule is CCOC(=O)N1CCCN(C2CCC(C(=O)CO)(c3ccccc3)CC2)CC1. The minimum Gasteiger partial charge on any atom is -0.450 e. The minimum atomic E-state index is -0.560. The average Bonchev–Trinajstić information content (AvgIpc) is 3.00. The summed E-state index contributed by atoms with van der Waals surface area (Å²) in [5, 5.41) is 9.58. The van der Waals surface area contributed by atoms with Crippen LogP contribution in [0, 0.1) is 0 Å². The Kier molecular flexibility index (Phi) is 7.08. The van der Waals surface area contributed by atoms with Gasteiger partial charge in [0.2, 0.25) is 0 Å². The molecular weight excluding hydrogens is 356 g/mol. The van der Waals surface area contributed by atoms with Crippen molar-refractivity contribution in [2.75, 3.05) is 39.4 Å². The van der Waals surface area contributed by atoms with Gasteiger partial charge >= 0.3 is 6.09 Å². The van der Waals surface area contributed by atoms with Crippen molar-refractivity contribution in [2.45, 2.75) is 50.5 Å². The predicted molar refractivity (Wildman–Crippen MR) is 107 cm³/mol. The fourth-order valence-corrected chi connectivity index (χ4v) is 4.80. The second kappa shape index (κ2) is 9.52. The molecule has 1 N–H and O–H groups in total. The van der Waals surface area contributed by atoms with E-state index in [1.165, 1.54) is 0 Å². The highest BCUT2D eigenvalue weighted by Gasteiger charge is 2.43. The van der Waals surface area contributed by atoms with Crippen molar-refractivity contribution in [1.29, 1.82) is 0 Å². The number of ketones is 1. The van der Waals surface area contributed by atoms with Gasteiger partial charge in [0.25, 0.3) is 0 Å². The lowest BCUT2D eigenvalue weighted by atomic mass is 9.65. The zero-order valence-electron chi connectivity index (χ0n) is 16.8. The van der Waals surface area contributed by atoms with Gasteiger partial charge in [-0.05, 0) is 44.6 Å². The largest absolute Gasteiger partial charge is 0.450 e. The highest BCUT2D eigenvalue weighted by atomic mass is 16.6. The van der Waals surface area contributed by atoms with Crippen LogP contribution in [-0.4, -0.2) is 72.2 Å². The van der Waals surface area contributed by atoms with E-state index in [1.54, 1.807) is 4.90 Å². The molecule has 6 nitrogen and oxygen atoms in total. The van der Waals surface area contributed by atoms with Crippen molar-refractivity contribution in [1.82, 2.24) is 9.80 Å². The number of carbonyl (C=O) groups is 2. The van der Waals surface area contributed by atoms with Gasteiger partial charge in [0, 0.05) is 32.2 Å². The summed E-state index contributed by atoms with van der Waals surface area (Å²) in [4.78, 5) is 29.0. The van der Waals surface area contributed by atoms with Crippen LogP contribution in [0.5, 0.6) is 0 Å². The summed E-state index contributed by atoms with van der Waals surface area (Å²) < 4.78 is 5.14. The molecule has 0 unspecified atom stereocenters. The fourth-order valence-electron chi connectivity index (χ4n) is 4.80. The van der Waals surface area contributed by atoms with E-state index >= 15 is 0 Å². The van der Waals surface area contributed by atoms with E-state index in [-0.39, 0.29) is 11.9 Å². The summed E-state index contributed by atoms with van der Waals surface area (Å²) in [5.74, 6) is -0.0681. The zero-order chi connectivity index (χ0) is 20.0. The normalized spacial score (nSPS) is 26.5. The Morgan fingerprint density at radius 2 is 1.82 bits per heavy atom. The van der Waals surface area contributed by atoms with Crippen LogP contribution in [0.15, 0.2) is 30.3 Å². The van der Waals surface area contributed by atoms with Gasteiger partial charge in [-0.3, -0.25) is 9.69 Å². The Balaban J connectivity index is 1.64. The Bertz CT molecular complexity index is 656. The molecule has 0 bridgehead atoms. The number of aliphatic hydroxyl groups is 1. The third-order valence-corrected chi connectivity index (χ3v) is 6.39. The quantitative estimate of drug-likeness (QED) is 0.840. The van der Waals surface area contributed by atoms with Crippen LogP contribution in [-0.2, 0) is 14.9 Å². The molecule has 1 amide bonds. The van der Waals surface area contributed by atoms with E-state index in [9.17, 15) is 14.7 Å². The van der Waals surface area contributed by atoms with E-state index < -0.39 is 12.0 Å². The maximum Gasteiger partial charge on any atom is 0.409 e. The predicted octanol–water partition coefficient (Wildman–Crippen LogP) is 2.59. The number of aliphatic hydroxyl groups excluding tert-OH is 1. The molecule has 1 aromatic carbocycles. The number of Topliss-reactive ketones (excluding diaryl/α,β-unsaturated/α-hetero) is 1. The minimum absolute atomic E-state index is 0.0681. The lowest BCUT2D eigenvalue weighted by Crippen LogP contribution is -2.47. The number of carbonyl (C=O) groups excluding carboxylic acids is 2. The molecule has 1 aliphatic heterocycles. The molecule has 6 heteroatoms. The Morgan fingerprint density at radius 3 is 2.46 bits per heavy atom. The lowest BCUT2D eigenvalue weighted by molar-refractivity contribution is -0.129. The molecule has 28 heavy (non-hydrogen) atoms. The van der Waals surface area contributed by atoms with Crippen LogP contribution < -0.4 is 0 Å². The van der Waals surface area contributed by atoms with E-state index in [2.05, 4.69) is 4.90 Å². The standard InChI is InChI=1S/C22H32N2O4/c1-2-28-21(27)24-14-6-13-23(15-16-24)19-9-11-22(12-10-19,20(26)17-25)18-7-4-3-5-8-18/h3-5,7-8,19,25H,2,6,9-17H2,1H3. The number of hydrogen-bond donors (Lipinski definition) is 1. The van der Waals surface area contributed by atoms with Gasteiger partial charge < -0.3 is 14.7 Å². The molecule has 1 aromatic rings. The first kappa shape index (κ1) is 20.8. The summed E-state index contributed by atoms with van der Waals surface area (Å²) in [7, 11) is 0. The van der Waals surface area contributed by atoms with Gasteiger partial charge in [-0.1, -0.05) is 30.3 Å². The van der Waals surface area contributed by atoms with E-state index in [4.69, 9.17) is 4.74 Å². The first-order chi connectivity index (χ1) is 13.6. The number of rotatable bonds is 5. The maximum atomic E-state index is 12.7. The summed E-state index contributed by atoms with van der Waals surface area (Å²) in [5.41, 5.74) is 0.465. The maximum absolute atomic E-state index is 12.7. The topological polar surface area (TPSA) is 70.1 Å². The van der Waals surface area contributed by atoms with Crippen molar-refractivity contribution in [3.05, 3.63) is 35.9 Å². The Labute approximate surface area is 167 Å². The van der Waals surface area contributed by atoms with E-state index in [0.29, 0.717) is 19.2 Å². The number of benzene rings is 1. The van der Waals surface area contributed by atoms with Crippen molar-refractivity contribution >= 4 is 11.9 Å². The van der Waals surface area contributed by atoms with Gasteiger partial charge in [-0.25, -0.2) is 4.79 Å². The molecule has 2 aliphatic rings. The van der Waals surface area contributed by atoms with Crippen molar-refractivity contribution in [3.8, 4) is 0 Å². The molecule has 0 aromatic heterocycles. The molecule has 1 aliphatic carbocycles. The molecule has 0 spiro atoms. The van der Waals surface area contributed by atoms with Crippen LogP contribution in [0.25, 0.3) is 0 Å². The van der Waals surface area contributed by atoms with Crippen LogP contribution in [0.1, 0.15) is 44.6 Å². The van der Waals surface area contributed by atoms with Gasteiger partial charge in [-0.2, -0.15) is 0 Å². The van der Waals surface area contributed by atoms with Crippen LogP contribution >= 0.6 is 0 Å². The highest BCUT2D eigenvalue weighted by Crippen LogP contribution is 2.41. The summed E-state index contributed by atoms with van der Waals surface area (Å²) in [6, 6.07) is 10.3. The second-order valence-electron chi connectivity index (χ2n) is 7.84. The number of nitrogens with zero attached hydrogens (tertiary/aromatic N) is 2. The number of hydrogen-bond acceptors (Lipinski definition) is 5. The van der Waals surface area contributed by atoms with E-state index in [1.807, 2.05) is 37.3 Å². The first-order valence-corrected chi connectivity index (χ1v) is 10.5. The molecule has 0 atom stereocenters. The molecule has 2 fully saturated rings. The van der Waals surface area contributed by atoms with Gasteiger partial charge in [0.1, 0.15) is 6.61 Å². The van der Waals surface area contributed by atoms with Crippen LogP contribution in [0.3, 0.4) is 0 Å². The molecule has 0 radical (unpaired) electrons. The van der Waals surface area contributed by atoms with Crippen molar-refractivity contribution < 1.29 is 19.4 Å². The summed E-state index contributed by atoms with van der Waals surface area (Å²) >= 11 is 0. The van der Waals surface area contributed by atoms with Crippen LogP contribution in [0.2, 0.25) is 0 Å². The smallest absolute Gasteiger partial charge is 0.409 e. The highest BCUT2D eigenvalue weighted by molar-refractivity contribution is 5.91. The lowest BCUT2D eigenvalue weighted by Gasteiger charge is -2.42. The molecule has 1 saturated heterocycles. The average molecular weight is 389 g/mol. The molecule has 154 valence electrons. The van der Waals surface area contributed by atoms with Gasteiger partial charge in [-0.15, -0.1) is 0 Å². The number of ether oxygens (including phenoxy) is 1. The molecular formula is C22H32N2O4. The monoisotopic (exact) mass is 388 g/mol. The van der Waals surface area contributed by atoms with E-state index in [0.717, 1.165) is 57.3 Å². The fraction of sp³-hybridized carbons (Fsp3) is 0.636. The molecule has 1 heterocycles. The number of amides is 1. The molecule has 3 rings (SSSR count). The Hall–Kier alpha value is -1.92. The third-order valence-electron chi connectivity index (χ3n) is 6.39. The third kappa shape index (κ3) is 4.39. The van der Waals surface area contributed by atoms with Crippen LogP contribution in [0.4, 0.5) is 4.79 Å². The van der Waals surface area contributed by atoms with Gasteiger partial charge in [0.05, 0.1) is 12.0 Å². The summed E-state index contributed by atoms with van der Waals surface area (Å²) in [6.07, 6.45) is 4.11. The Morgan fingerprint density at radius 1 is 1.11 bits per heavy atom.